The summed E-state index contributed by atoms with van der Waals surface area (Å²) in [4.78, 5) is 11.8. The molecule has 22 heavy (non-hydrogen) atoms. The van der Waals surface area contributed by atoms with Gasteiger partial charge in [0.15, 0.2) is 0 Å². The molecule has 1 amide bonds. The van der Waals surface area contributed by atoms with Crippen LogP contribution in [0.4, 0.5) is 4.39 Å². The van der Waals surface area contributed by atoms with Crippen molar-refractivity contribution in [3.63, 3.8) is 0 Å². The minimum atomic E-state index is -0.448. The number of hydrogen-bond donors (Lipinski definition) is 1. The van der Waals surface area contributed by atoms with Gasteiger partial charge in [-0.1, -0.05) is 15.9 Å². The van der Waals surface area contributed by atoms with E-state index in [0.717, 1.165) is 0 Å². The Bertz CT molecular complexity index is 439. The van der Waals surface area contributed by atoms with Crippen LogP contribution in [0.5, 0.6) is 0 Å². The molecule has 1 aromatic rings. The highest BCUT2D eigenvalue weighted by Crippen LogP contribution is 2.14. The average molecular weight is 378 g/mol. The van der Waals surface area contributed by atoms with Crippen LogP contribution in [0.2, 0.25) is 0 Å². The van der Waals surface area contributed by atoms with Crippen molar-refractivity contribution >= 4 is 21.8 Å². The first-order valence-electron chi connectivity index (χ1n) is 7.02. The molecule has 0 aliphatic carbocycles. The number of benzene rings is 1. The van der Waals surface area contributed by atoms with Gasteiger partial charge in [-0.3, -0.25) is 4.79 Å². The second-order valence-corrected chi connectivity index (χ2v) is 5.40. The molecule has 0 saturated heterocycles. The Balaban J connectivity index is 2.06. The second-order valence-electron chi connectivity index (χ2n) is 4.49. The summed E-state index contributed by atoms with van der Waals surface area (Å²) in [5.41, 5.74) is 0.291. The zero-order valence-electron chi connectivity index (χ0n) is 12.6. The van der Waals surface area contributed by atoms with Crippen molar-refractivity contribution in [3.05, 3.63) is 34.1 Å². The van der Waals surface area contributed by atoms with E-state index in [-0.39, 0.29) is 5.91 Å². The molecule has 124 valence electrons. The van der Waals surface area contributed by atoms with Crippen LogP contribution in [0.25, 0.3) is 0 Å². The molecule has 0 unspecified atom stereocenters. The van der Waals surface area contributed by atoms with Crippen molar-refractivity contribution in [1.29, 1.82) is 0 Å². The Morgan fingerprint density at radius 3 is 2.50 bits per heavy atom. The molecule has 0 atom stereocenters. The van der Waals surface area contributed by atoms with Gasteiger partial charge in [0.25, 0.3) is 5.91 Å². The van der Waals surface area contributed by atoms with Crippen molar-refractivity contribution in [2.45, 2.75) is 6.42 Å². The minimum absolute atomic E-state index is 0.291. The Hall–Kier alpha value is -1.02. The summed E-state index contributed by atoms with van der Waals surface area (Å²) in [7, 11) is 1.62. The van der Waals surface area contributed by atoms with E-state index in [0.29, 0.717) is 56.0 Å². The van der Waals surface area contributed by atoms with Gasteiger partial charge in [-0.25, -0.2) is 4.39 Å². The third kappa shape index (κ3) is 8.43. The lowest BCUT2D eigenvalue weighted by Gasteiger charge is -2.07. The van der Waals surface area contributed by atoms with Crippen molar-refractivity contribution in [1.82, 2.24) is 5.32 Å². The first-order valence-corrected chi connectivity index (χ1v) is 7.81. The summed E-state index contributed by atoms with van der Waals surface area (Å²) in [5.74, 6) is -0.751. The summed E-state index contributed by atoms with van der Waals surface area (Å²) >= 11 is 3.15. The molecule has 1 aromatic carbocycles. The fourth-order valence-electron chi connectivity index (χ4n) is 1.63. The van der Waals surface area contributed by atoms with Crippen molar-refractivity contribution in [3.8, 4) is 0 Å². The Morgan fingerprint density at radius 2 is 1.82 bits per heavy atom. The largest absolute Gasteiger partial charge is 0.382 e. The van der Waals surface area contributed by atoms with Gasteiger partial charge in [0.2, 0.25) is 0 Å². The van der Waals surface area contributed by atoms with Crippen LogP contribution in [-0.4, -0.2) is 52.6 Å². The van der Waals surface area contributed by atoms with Crippen LogP contribution in [0, 0.1) is 5.82 Å². The van der Waals surface area contributed by atoms with Crippen molar-refractivity contribution in [2.24, 2.45) is 0 Å². The average Bonchev–Trinajstić information content (AvgIpc) is 2.48. The number of carbonyl (C=O) groups is 1. The van der Waals surface area contributed by atoms with E-state index < -0.39 is 5.82 Å². The van der Waals surface area contributed by atoms with E-state index in [2.05, 4.69) is 21.2 Å². The number of nitrogens with one attached hydrogen (secondary N) is 1. The van der Waals surface area contributed by atoms with Gasteiger partial charge in [0.05, 0.1) is 26.4 Å². The van der Waals surface area contributed by atoms with Gasteiger partial charge in [-0.15, -0.1) is 0 Å². The van der Waals surface area contributed by atoms with Crippen LogP contribution in [0.15, 0.2) is 22.7 Å². The summed E-state index contributed by atoms with van der Waals surface area (Å²) < 4.78 is 29.2. The van der Waals surface area contributed by atoms with E-state index in [1.165, 1.54) is 12.1 Å². The van der Waals surface area contributed by atoms with Crippen LogP contribution in [0.3, 0.4) is 0 Å². The fraction of sp³-hybridized carbons (Fsp3) is 0.533. The first-order chi connectivity index (χ1) is 10.6. The highest BCUT2D eigenvalue weighted by Gasteiger charge is 2.07. The molecule has 0 heterocycles. The van der Waals surface area contributed by atoms with Gasteiger partial charge < -0.3 is 19.5 Å². The third-order valence-corrected chi connectivity index (χ3v) is 3.14. The highest BCUT2D eigenvalue weighted by molar-refractivity contribution is 9.10. The molecule has 0 aromatic heterocycles. The monoisotopic (exact) mass is 377 g/mol. The number of ether oxygens (including phenoxy) is 3. The lowest BCUT2D eigenvalue weighted by Crippen LogP contribution is -2.25. The normalized spacial score (nSPS) is 10.7. The first kappa shape index (κ1) is 19.0. The maximum absolute atomic E-state index is 13.2. The van der Waals surface area contributed by atoms with Gasteiger partial charge in [0.1, 0.15) is 5.82 Å². The Morgan fingerprint density at radius 1 is 1.14 bits per heavy atom. The third-order valence-electron chi connectivity index (χ3n) is 2.68. The van der Waals surface area contributed by atoms with E-state index in [4.69, 9.17) is 14.2 Å². The summed E-state index contributed by atoms with van der Waals surface area (Å²) in [6.07, 6.45) is 0.681. The molecule has 0 spiro atoms. The van der Waals surface area contributed by atoms with E-state index >= 15 is 0 Å². The van der Waals surface area contributed by atoms with Crippen LogP contribution >= 0.6 is 15.9 Å². The minimum Gasteiger partial charge on any atom is -0.382 e. The molecule has 0 radical (unpaired) electrons. The molecule has 1 N–H and O–H groups in total. The predicted octanol–water partition coefficient (Wildman–Crippen LogP) is 2.39. The van der Waals surface area contributed by atoms with Gasteiger partial charge >= 0.3 is 0 Å². The zero-order valence-corrected chi connectivity index (χ0v) is 14.2. The van der Waals surface area contributed by atoms with Crippen molar-refractivity contribution in [2.75, 3.05) is 46.7 Å². The van der Waals surface area contributed by atoms with Gasteiger partial charge in [0, 0.05) is 30.3 Å². The molecule has 7 heteroatoms. The molecule has 5 nitrogen and oxygen atoms in total. The standard InChI is InChI=1S/C15H21BrFNO4/c1-20-5-6-22-8-7-21-4-2-3-18-15(19)12-9-13(16)11-14(17)10-12/h9-11H,2-8H2,1H3,(H,18,19). The quantitative estimate of drug-likeness (QED) is 0.601. The van der Waals surface area contributed by atoms with E-state index in [9.17, 15) is 9.18 Å². The molecule has 0 saturated carbocycles. The summed E-state index contributed by atoms with van der Waals surface area (Å²) in [6, 6.07) is 4.08. The molecule has 0 aliphatic heterocycles. The van der Waals surface area contributed by atoms with Gasteiger partial charge in [-0.2, -0.15) is 0 Å². The second kappa shape index (κ2) is 11.5. The summed E-state index contributed by atoms with van der Waals surface area (Å²) in [6.45, 7) is 3.15. The number of hydrogen-bond acceptors (Lipinski definition) is 4. The topological polar surface area (TPSA) is 56.8 Å². The Kier molecular flexibility index (Phi) is 9.98. The highest BCUT2D eigenvalue weighted by atomic mass is 79.9. The maximum atomic E-state index is 13.2. The fourth-order valence-corrected chi connectivity index (χ4v) is 2.09. The number of carbonyl (C=O) groups excluding carboxylic acids is 1. The summed E-state index contributed by atoms with van der Waals surface area (Å²) in [5, 5.41) is 2.72. The smallest absolute Gasteiger partial charge is 0.251 e. The zero-order chi connectivity index (χ0) is 16.2. The molecule has 1 rings (SSSR count). The van der Waals surface area contributed by atoms with Crippen molar-refractivity contribution < 1.29 is 23.4 Å². The lowest BCUT2D eigenvalue weighted by atomic mass is 10.2. The molecular formula is C15H21BrFNO4. The number of methoxy groups -OCH3 is 1. The van der Waals surface area contributed by atoms with Crippen LogP contribution < -0.4 is 5.32 Å². The lowest BCUT2D eigenvalue weighted by molar-refractivity contribution is 0.0244. The number of halogens is 2. The maximum Gasteiger partial charge on any atom is 0.251 e. The molecule has 0 bridgehead atoms. The predicted molar refractivity (Wildman–Crippen MR) is 84.6 cm³/mol. The molecule has 0 fully saturated rings. The molecular weight excluding hydrogens is 357 g/mol. The SMILES string of the molecule is COCCOCCOCCCNC(=O)c1cc(F)cc(Br)c1. The van der Waals surface area contributed by atoms with Gasteiger partial charge in [-0.05, 0) is 24.6 Å². The van der Waals surface area contributed by atoms with E-state index in [1.807, 2.05) is 0 Å². The van der Waals surface area contributed by atoms with Crippen LogP contribution in [-0.2, 0) is 14.2 Å². The number of amides is 1. The van der Waals surface area contributed by atoms with E-state index in [1.54, 1.807) is 13.2 Å². The number of rotatable bonds is 11. The van der Waals surface area contributed by atoms with Crippen LogP contribution in [0.1, 0.15) is 16.8 Å². The Labute approximate surface area is 138 Å². The molecule has 0 aliphatic rings.